The first kappa shape index (κ1) is 20.3. The monoisotopic (exact) mass is 419 g/mol. The summed E-state index contributed by atoms with van der Waals surface area (Å²) in [6.45, 7) is 2.88. The van der Waals surface area contributed by atoms with Crippen molar-refractivity contribution in [3.05, 3.63) is 87.2 Å². The minimum atomic E-state index is -0.456. The van der Waals surface area contributed by atoms with Gasteiger partial charge in [-0.2, -0.15) is 0 Å². The molecule has 146 valence electrons. The van der Waals surface area contributed by atoms with E-state index >= 15 is 0 Å². The zero-order valence-corrected chi connectivity index (χ0v) is 17.1. The van der Waals surface area contributed by atoms with Crippen LogP contribution in [0.3, 0.4) is 0 Å². The van der Waals surface area contributed by atoms with Crippen molar-refractivity contribution in [2.75, 3.05) is 12.4 Å². The molecule has 0 saturated heterocycles. The number of aryl methyl sites for hydroxylation is 1. The molecule has 0 atom stereocenters. The first-order valence-corrected chi connectivity index (χ1v) is 9.45. The van der Waals surface area contributed by atoms with E-state index in [2.05, 4.69) is 5.32 Å². The van der Waals surface area contributed by atoms with E-state index in [4.69, 9.17) is 32.7 Å². The van der Waals surface area contributed by atoms with Crippen molar-refractivity contribution in [3.63, 3.8) is 0 Å². The van der Waals surface area contributed by atoms with Crippen molar-refractivity contribution in [3.8, 4) is 11.5 Å². The molecule has 3 aromatic rings. The highest BCUT2D eigenvalue weighted by Gasteiger charge is 2.11. The van der Waals surface area contributed by atoms with E-state index in [0.717, 1.165) is 11.1 Å². The van der Waals surface area contributed by atoms with Crippen molar-refractivity contribution in [2.45, 2.75) is 20.1 Å². The summed E-state index contributed by atoms with van der Waals surface area (Å²) in [5.74, 6) is 0.703. The molecule has 0 aliphatic carbocycles. The Labute approximate surface area is 174 Å². The number of methoxy groups -OCH3 is 1. The van der Waals surface area contributed by atoms with E-state index in [-0.39, 0.29) is 5.02 Å². The van der Waals surface area contributed by atoms with E-state index < -0.39 is 5.82 Å². The minimum Gasteiger partial charge on any atom is -0.493 e. The molecule has 6 heteroatoms. The number of hydrogen-bond donors (Lipinski definition) is 1. The van der Waals surface area contributed by atoms with Crippen molar-refractivity contribution >= 4 is 28.9 Å². The number of benzene rings is 3. The summed E-state index contributed by atoms with van der Waals surface area (Å²) in [6.07, 6.45) is 0. The van der Waals surface area contributed by atoms with E-state index in [1.807, 2.05) is 37.3 Å². The smallest absolute Gasteiger partial charge is 0.163 e. The van der Waals surface area contributed by atoms with Crippen LogP contribution in [0.2, 0.25) is 10.0 Å². The van der Waals surface area contributed by atoms with E-state index in [1.54, 1.807) is 19.2 Å². The maximum atomic E-state index is 13.3. The normalized spacial score (nSPS) is 10.6. The van der Waals surface area contributed by atoms with Crippen molar-refractivity contribution in [1.82, 2.24) is 0 Å². The van der Waals surface area contributed by atoms with Gasteiger partial charge in [-0.05, 0) is 42.3 Å². The van der Waals surface area contributed by atoms with Gasteiger partial charge in [0.25, 0.3) is 0 Å². The van der Waals surface area contributed by atoms with Gasteiger partial charge in [-0.25, -0.2) is 4.39 Å². The van der Waals surface area contributed by atoms with Crippen LogP contribution in [-0.2, 0) is 13.2 Å². The third-order valence-electron chi connectivity index (χ3n) is 4.25. The van der Waals surface area contributed by atoms with Crippen LogP contribution < -0.4 is 14.8 Å². The fourth-order valence-corrected chi connectivity index (χ4v) is 3.03. The Kier molecular flexibility index (Phi) is 6.65. The predicted octanol–water partition coefficient (Wildman–Crippen LogP) is 6.64. The van der Waals surface area contributed by atoms with Crippen LogP contribution in [0, 0.1) is 12.7 Å². The standard InChI is InChI=1S/C22H20Cl2FNO2/c1-14-3-5-15(6-4-14)13-28-22-11-18(23)16(9-21(22)27-2)12-26-17-7-8-20(25)19(24)10-17/h3-11,26H,12-13H2,1-2H3. The third-order valence-corrected chi connectivity index (χ3v) is 4.89. The largest absolute Gasteiger partial charge is 0.493 e. The Bertz CT molecular complexity index is 961. The molecule has 0 aliphatic rings. The van der Waals surface area contributed by atoms with Crippen LogP contribution in [0.15, 0.2) is 54.6 Å². The summed E-state index contributed by atoms with van der Waals surface area (Å²) in [5, 5.41) is 3.78. The molecule has 0 spiro atoms. The van der Waals surface area contributed by atoms with E-state index in [0.29, 0.717) is 35.4 Å². The fraction of sp³-hybridized carbons (Fsp3) is 0.182. The molecule has 1 N–H and O–H groups in total. The molecule has 0 saturated carbocycles. The SMILES string of the molecule is COc1cc(CNc2ccc(F)c(Cl)c2)c(Cl)cc1OCc1ccc(C)cc1. The van der Waals surface area contributed by atoms with Crippen LogP contribution in [-0.4, -0.2) is 7.11 Å². The molecule has 3 rings (SSSR count). The first-order chi connectivity index (χ1) is 13.5. The highest BCUT2D eigenvalue weighted by molar-refractivity contribution is 6.31. The van der Waals surface area contributed by atoms with Gasteiger partial charge in [-0.3, -0.25) is 0 Å². The molecule has 0 amide bonds. The molecule has 0 fully saturated rings. The van der Waals surface area contributed by atoms with Gasteiger partial charge in [0.2, 0.25) is 0 Å². The van der Waals surface area contributed by atoms with E-state index in [1.165, 1.54) is 17.7 Å². The number of nitrogens with one attached hydrogen (secondary N) is 1. The Balaban J connectivity index is 1.71. The lowest BCUT2D eigenvalue weighted by Gasteiger charge is -2.15. The molecule has 28 heavy (non-hydrogen) atoms. The van der Waals surface area contributed by atoms with Gasteiger partial charge in [-0.15, -0.1) is 0 Å². The van der Waals surface area contributed by atoms with Crippen LogP contribution >= 0.6 is 23.2 Å². The number of halogens is 3. The summed E-state index contributed by atoms with van der Waals surface area (Å²) < 4.78 is 24.6. The molecule has 3 aromatic carbocycles. The topological polar surface area (TPSA) is 30.5 Å². The molecule has 3 nitrogen and oxygen atoms in total. The fourth-order valence-electron chi connectivity index (χ4n) is 2.63. The van der Waals surface area contributed by atoms with E-state index in [9.17, 15) is 4.39 Å². The van der Waals surface area contributed by atoms with Crippen LogP contribution in [0.4, 0.5) is 10.1 Å². The second kappa shape index (κ2) is 9.18. The maximum Gasteiger partial charge on any atom is 0.163 e. The average Bonchev–Trinajstić information content (AvgIpc) is 2.69. The van der Waals surface area contributed by atoms with Gasteiger partial charge in [0.15, 0.2) is 11.5 Å². The van der Waals surface area contributed by atoms with Gasteiger partial charge < -0.3 is 14.8 Å². The average molecular weight is 420 g/mol. The maximum absolute atomic E-state index is 13.3. The zero-order chi connectivity index (χ0) is 20.1. The molecule has 0 unspecified atom stereocenters. The first-order valence-electron chi connectivity index (χ1n) is 8.70. The second-order valence-electron chi connectivity index (χ2n) is 6.35. The van der Waals surface area contributed by atoms with Crippen LogP contribution in [0.25, 0.3) is 0 Å². The van der Waals surface area contributed by atoms with Gasteiger partial charge in [0.1, 0.15) is 12.4 Å². The quantitative estimate of drug-likeness (QED) is 0.465. The number of hydrogen-bond acceptors (Lipinski definition) is 3. The highest BCUT2D eigenvalue weighted by Crippen LogP contribution is 2.34. The number of rotatable bonds is 7. The summed E-state index contributed by atoms with van der Waals surface area (Å²) in [4.78, 5) is 0. The Morgan fingerprint density at radius 2 is 1.68 bits per heavy atom. The zero-order valence-electron chi connectivity index (χ0n) is 15.6. The lowest BCUT2D eigenvalue weighted by atomic mass is 10.1. The third kappa shape index (κ3) is 5.09. The Morgan fingerprint density at radius 1 is 0.929 bits per heavy atom. The molecule has 0 aromatic heterocycles. The van der Waals surface area contributed by atoms with Crippen molar-refractivity contribution in [2.24, 2.45) is 0 Å². The van der Waals surface area contributed by atoms with Crippen LogP contribution in [0.5, 0.6) is 11.5 Å². The van der Waals surface area contributed by atoms with Gasteiger partial charge >= 0.3 is 0 Å². The van der Waals surface area contributed by atoms with Gasteiger partial charge in [0.05, 0.1) is 12.1 Å². The molecule has 0 heterocycles. The van der Waals surface area contributed by atoms with Crippen molar-refractivity contribution < 1.29 is 13.9 Å². The van der Waals surface area contributed by atoms with Crippen LogP contribution in [0.1, 0.15) is 16.7 Å². The molecule has 0 bridgehead atoms. The lowest BCUT2D eigenvalue weighted by molar-refractivity contribution is 0.284. The highest BCUT2D eigenvalue weighted by atomic mass is 35.5. The predicted molar refractivity (Wildman–Crippen MR) is 112 cm³/mol. The molecular formula is C22H20Cl2FNO2. The molecule has 0 radical (unpaired) electrons. The summed E-state index contributed by atoms with van der Waals surface area (Å²) >= 11 is 12.2. The minimum absolute atomic E-state index is 0.0635. The Morgan fingerprint density at radius 3 is 2.36 bits per heavy atom. The molecular weight excluding hydrogens is 400 g/mol. The van der Waals surface area contributed by atoms with Gasteiger partial charge in [-0.1, -0.05) is 53.0 Å². The summed E-state index contributed by atoms with van der Waals surface area (Å²) in [5.41, 5.74) is 3.77. The Hall–Kier alpha value is -2.43. The lowest BCUT2D eigenvalue weighted by Crippen LogP contribution is -2.03. The van der Waals surface area contributed by atoms with Gasteiger partial charge in [0, 0.05) is 23.3 Å². The number of ether oxygens (including phenoxy) is 2. The second-order valence-corrected chi connectivity index (χ2v) is 7.17. The summed E-state index contributed by atoms with van der Waals surface area (Å²) in [6, 6.07) is 16.2. The van der Waals surface area contributed by atoms with Crippen molar-refractivity contribution in [1.29, 1.82) is 0 Å². The molecule has 0 aliphatic heterocycles. The summed E-state index contributed by atoms with van der Waals surface area (Å²) in [7, 11) is 1.58. The number of anilines is 1.